The van der Waals surface area contributed by atoms with Crippen LogP contribution in [0, 0.1) is 12.7 Å². The van der Waals surface area contributed by atoms with Gasteiger partial charge in [-0.1, -0.05) is 41.4 Å². The van der Waals surface area contributed by atoms with E-state index in [-0.39, 0.29) is 22.0 Å². The Morgan fingerprint density at radius 1 is 1.10 bits per heavy atom. The molecule has 1 heterocycles. The summed E-state index contributed by atoms with van der Waals surface area (Å²) < 4.78 is 41.8. The highest BCUT2D eigenvalue weighted by molar-refractivity contribution is 7.89. The molecule has 0 aliphatic carbocycles. The number of amides is 1. The molecule has 0 aliphatic heterocycles. The zero-order chi connectivity index (χ0) is 22.4. The van der Waals surface area contributed by atoms with Crippen LogP contribution in [-0.4, -0.2) is 30.2 Å². The number of halogens is 2. The Labute approximate surface area is 185 Å². The van der Waals surface area contributed by atoms with Gasteiger partial charge in [0.1, 0.15) is 5.82 Å². The van der Waals surface area contributed by atoms with E-state index in [0.717, 1.165) is 9.87 Å². The minimum absolute atomic E-state index is 0.00243. The highest BCUT2D eigenvalue weighted by Gasteiger charge is 2.28. The Hall–Kier alpha value is -2.81. The number of aromatic nitrogens is 1. The highest BCUT2D eigenvalue weighted by atomic mass is 35.5. The smallest absolute Gasteiger partial charge is 0.243 e. The summed E-state index contributed by atoms with van der Waals surface area (Å²) in [5.74, 6) is -1.20. The van der Waals surface area contributed by atoms with Crippen LogP contribution < -0.4 is 5.32 Å². The monoisotopic (exact) mass is 461 g/mol. The fourth-order valence-electron chi connectivity index (χ4n) is 2.85. The number of nitrogens with zero attached hydrogens (tertiary/aromatic N) is 2. The van der Waals surface area contributed by atoms with Gasteiger partial charge >= 0.3 is 0 Å². The lowest BCUT2D eigenvalue weighted by Gasteiger charge is -2.23. The van der Waals surface area contributed by atoms with E-state index < -0.39 is 34.8 Å². The number of hydrogen-bond donors (Lipinski definition) is 1. The molecule has 162 valence electrons. The maximum atomic E-state index is 14.3. The molecule has 31 heavy (non-hydrogen) atoms. The van der Waals surface area contributed by atoms with Crippen LogP contribution in [0.2, 0.25) is 5.02 Å². The zero-order valence-electron chi connectivity index (χ0n) is 16.8. The van der Waals surface area contributed by atoms with Crippen LogP contribution in [0.5, 0.6) is 0 Å². The second kappa shape index (κ2) is 10.00. The molecule has 0 saturated heterocycles. The SMILES string of the molecule is Cc1ccc(S(=O)(=O)N(CC(=O)NCc2ccccn2)Cc2c(F)cccc2Cl)cc1. The van der Waals surface area contributed by atoms with Crippen molar-refractivity contribution in [3.63, 3.8) is 0 Å². The van der Waals surface area contributed by atoms with Crippen LogP contribution in [0.25, 0.3) is 0 Å². The first-order valence-electron chi connectivity index (χ1n) is 9.43. The molecular formula is C22H21ClFN3O3S. The van der Waals surface area contributed by atoms with Crippen LogP contribution in [-0.2, 0) is 27.9 Å². The molecule has 2 aromatic carbocycles. The van der Waals surface area contributed by atoms with Gasteiger partial charge in [-0.3, -0.25) is 9.78 Å². The van der Waals surface area contributed by atoms with Gasteiger partial charge in [0.05, 0.1) is 23.7 Å². The summed E-state index contributed by atoms with van der Waals surface area (Å²) in [5.41, 5.74) is 1.51. The quantitative estimate of drug-likeness (QED) is 0.555. The molecule has 0 fully saturated rings. The second-order valence-electron chi connectivity index (χ2n) is 6.88. The molecular weight excluding hydrogens is 441 g/mol. The van der Waals surface area contributed by atoms with Gasteiger partial charge in [-0.05, 0) is 43.3 Å². The molecule has 6 nitrogen and oxygen atoms in total. The Balaban J connectivity index is 1.86. The molecule has 0 unspecified atom stereocenters. The van der Waals surface area contributed by atoms with Crippen LogP contribution in [0.1, 0.15) is 16.8 Å². The van der Waals surface area contributed by atoms with Gasteiger partial charge in [0.25, 0.3) is 0 Å². The molecule has 1 amide bonds. The standard InChI is InChI=1S/C22H21ClFN3O3S/c1-16-8-10-18(11-9-16)31(29,30)27(14-19-20(23)6-4-7-21(19)24)15-22(28)26-13-17-5-2-3-12-25-17/h2-12H,13-15H2,1H3,(H,26,28). The first kappa shape index (κ1) is 22.9. The molecule has 1 aromatic heterocycles. The third-order valence-corrected chi connectivity index (χ3v) is 6.73. The number of carbonyl (C=O) groups excluding carboxylic acids is 1. The molecule has 1 N–H and O–H groups in total. The summed E-state index contributed by atoms with van der Waals surface area (Å²) in [4.78, 5) is 16.7. The van der Waals surface area contributed by atoms with E-state index in [1.807, 2.05) is 6.92 Å². The predicted molar refractivity (Wildman–Crippen MR) is 116 cm³/mol. The first-order chi connectivity index (χ1) is 14.8. The number of rotatable bonds is 8. The number of benzene rings is 2. The highest BCUT2D eigenvalue weighted by Crippen LogP contribution is 2.24. The van der Waals surface area contributed by atoms with E-state index in [2.05, 4.69) is 10.3 Å². The number of hydrogen-bond acceptors (Lipinski definition) is 4. The Morgan fingerprint density at radius 2 is 1.84 bits per heavy atom. The van der Waals surface area contributed by atoms with Gasteiger partial charge < -0.3 is 5.32 Å². The van der Waals surface area contributed by atoms with Crippen molar-refractivity contribution in [1.82, 2.24) is 14.6 Å². The van der Waals surface area contributed by atoms with Crippen molar-refractivity contribution >= 4 is 27.5 Å². The van der Waals surface area contributed by atoms with Crippen molar-refractivity contribution in [2.45, 2.75) is 24.9 Å². The average Bonchev–Trinajstić information content (AvgIpc) is 2.75. The number of nitrogens with one attached hydrogen (secondary N) is 1. The van der Waals surface area contributed by atoms with Crippen molar-refractivity contribution in [3.05, 3.63) is 94.5 Å². The van der Waals surface area contributed by atoms with E-state index in [1.165, 1.54) is 30.3 Å². The van der Waals surface area contributed by atoms with Gasteiger partial charge in [0, 0.05) is 23.3 Å². The number of pyridine rings is 1. The summed E-state index contributed by atoms with van der Waals surface area (Å²) >= 11 is 6.10. The second-order valence-corrected chi connectivity index (χ2v) is 9.23. The summed E-state index contributed by atoms with van der Waals surface area (Å²) in [5, 5.41) is 2.72. The fourth-order valence-corrected chi connectivity index (χ4v) is 4.44. The topological polar surface area (TPSA) is 79.4 Å². The van der Waals surface area contributed by atoms with E-state index in [0.29, 0.717) is 5.69 Å². The summed E-state index contributed by atoms with van der Waals surface area (Å²) in [6.45, 7) is 1.07. The lowest BCUT2D eigenvalue weighted by Crippen LogP contribution is -2.40. The van der Waals surface area contributed by atoms with Crippen molar-refractivity contribution < 1.29 is 17.6 Å². The zero-order valence-corrected chi connectivity index (χ0v) is 18.3. The average molecular weight is 462 g/mol. The molecule has 0 spiro atoms. The minimum atomic E-state index is -4.10. The third-order valence-electron chi connectivity index (χ3n) is 4.57. The van der Waals surface area contributed by atoms with E-state index >= 15 is 0 Å². The Bertz CT molecular complexity index is 1140. The van der Waals surface area contributed by atoms with Crippen molar-refractivity contribution in [2.24, 2.45) is 0 Å². The van der Waals surface area contributed by atoms with Gasteiger partial charge in [-0.25, -0.2) is 12.8 Å². The third kappa shape index (κ3) is 5.88. The van der Waals surface area contributed by atoms with Gasteiger partial charge in [-0.15, -0.1) is 0 Å². The van der Waals surface area contributed by atoms with Crippen molar-refractivity contribution in [3.8, 4) is 0 Å². The van der Waals surface area contributed by atoms with E-state index in [4.69, 9.17) is 11.6 Å². The normalized spacial score (nSPS) is 11.5. The van der Waals surface area contributed by atoms with Crippen molar-refractivity contribution in [2.75, 3.05) is 6.54 Å². The van der Waals surface area contributed by atoms with Gasteiger partial charge in [-0.2, -0.15) is 4.31 Å². The number of sulfonamides is 1. The summed E-state index contributed by atoms with van der Waals surface area (Å²) in [6.07, 6.45) is 1.59. The largest absolute Gasteiger partial charge is 0.349 e. The minimum Gasteiger partial charge on any atom is -0.349 e. The lowest BCUT2D eigenvalue weighted by molar-refractivity contribution is -0.121. The maximum Gasteiger partial charge on any atom is 0.243 e. The molecule has 9 heteroatoms. The van der Waals surface area contributed by atoms with Crippen LogP contribution in [0.15, 0.2) is 71.8 Å². The molecule has 0 radical (unpaired) electrons. The van der Waals surface area contributed by atoms with Crippen LogP contribution in [0.4, 0.5) is 4.39 Å². The molecule has 3 aromatic rings. The van der Waals surface area contributed by atoms with Crippen LogP contribution in [0.3, 0.4) is 0 Å². The fraction of sp³-hybridized carbons (Fsp3) is 0.182. The predicted octanol–water partition coefficient (Wildman–Crippen LogP) is 3.69. The van der Waals surface area contributed by atoms with Crippen LogP contribution >= 0.6 is 11.6 Å². The number of carbonyl (C=O) groups is 1. The van der Waals surface area contributed by atoms with Gasteiger partial charge in [0.2, 0.25) is 15.9 Å². The Kier molecular flexibility index (Phi) is 7.37. The summed E-state index contributed by atoms with van der Waals surface area (Å²) in [7, 11) is -4.10. The molecule has 0 aliphatic rings. The first-order valence-corrected chi connectivity index (χ1v) is 11.3. The van der Waals surface area contributed by atoms with Gasteiger partial charge in [0.15, 0.2) is 0 Å². The lowest BCUT2D eigenvalue weighted by atomic mass is 10.2. The summed E-state index contributed by atoms with van der Waals surface area (Å²) in [6, 6.07) is 15.6. The maximum absolute atomic E-state index is 14.3. The molecule has 0 bridgehead atoms. The molecule has 0 atom stereocenters. The van der Waals surface area contributed by atoms with E-state index in [1.54, 1.807) is 36.5 Å². The number of aryl methyl sites for hydroxylation is 1. The van der Waals surface area contributed by atoms with E-state index in [9.17, 15) is 17.6 Å². The van der Waals surface area contributed by atoms with Crippen molar-refractivity contribution in [1.29, 1.82) is 0 Å². The molecule has 3 rings (SSSR count). The molecule has 0 saturated carbocycles. The Morgan fingerprint density at radius 3 is 2.48 bits per heavy atom.